The lowest BCUT2D eigenvalue weighted by Crippen LogP contribution is -2.32. The zero-order chi connectivity index (χ0) is 17.6. The van der Waals surface area contributed by atoms with Gasteiger partial charge in [0.15, 0.2) is 11.5 Å². The van der Waals surface area contributed by atoms with Crippen LogP contribution in [-0.2, 0) is 7.05 Å². The first-order chi connectivity index (χ1) is 12.2. The first kappa shape index (κ1) is 17.0. The Morgan fingerprint density at radius 2 is 1.60 bits per heavy atom. The summed E-state index contributed by atoms with van der Waals surface area (Å²) in [4.78, 5) is 0. The fraction of sp³-hybridized carbons (Fsp3) is 0.227. The van der Waals surface area contributed by atoms with E-state index in [1.807, 2.05) is 32.0 Å². The molecule has 1 heterocycles. The van der Waals surface area contributed by atoms with Crippen molar-refractivity contribution in [3.8, 4) is 11.5 Å². The van der Waals surface area contributed by atoms with Crippen LogP contribution in [0.1, 0.15) is 25.1 Å². The van der Waals surface area contributed by atoms with Crippen LogP contribution in [0.3, 0.4) is 0 Å². The van der Waals surface area contributed by atoms with E-state index in [0.717, 1.165) is 22.8 Å². The molecule has 0 unspecified atom stereocenters. The third kappa shape index (κ3) is 3.82. The van der Waals surface area contributed by atoms with Gasteiger partial charge in [0.25, 0.3) is 0 Å². The molecule has 2 aromatic carbocycles. The fourth-order valence-electron chi connectivity index (χ4n) is 2.88. The molecule has 0 spiro atoms. The summed E-state index contributed by atoms with van der Waals surface area (Å²) in [7, 11) is 2.09. The van der Waals surface area contributed by atoms with Gasteiger partial charge in [-0.15, -0.1) is 0 Å². The predicted molar refractivity (Wildman–Crippen MR) is 103 cm³/mol. The first-order valence-electron chi connectivity index (χ1n) is 8.68. The molecule has 25 heavy (non-hydrogen) atoms. The minimum Gasteiger partial charge on any atom is -0.490 e. The van der Waals surface area contributed by atoms with Crippen molar-refractivity contribution >= 4 is 23.1 Å². The normalized spacial score (nSPS) is 11.2. The molecular weight excluding hydrogens is 310 g/mol. The molecule has 0 bridgehead atoms. The summed E-state index contributed by atoms with van der Waals surface area (Å²) in [6, 6.07) is 18.7. The zero-order valence-electron chi connectivity index (χ0n) is 15.0. The molecule has 0 fully saturated rings. The lowest BCUT2D eigenvalue weighted by molar-refractivity contribution is -0.646. The van der Waals surface area contributed by atoms with Crippen LogP contribution in [0.15, 0.2) is 54.6 Å². The standard InChI is InChI=1S/C22H24NO2/c1-4-24-21-15-11-17(16-22(21)25-5-2)10-13-19-14-12-18-8-6-7-9-20(18)23(19)3/h6-16H,4-5H2,1-3H3/q+1/b13-10+. The highest BCUT2D eigenvalue weighted by atomic mass is 16.5. The maximum Gasteiger partial charge on any atom is 0.212 e. The number of aromatic nitrogens is 1. The van der Waals surface area contributed by atoms with E-state index in [1.54, 1.807) is 0 Å². The van der Waals surface area contributed by atoms with Gasteiger partial charge in [-0.3, -0.25) is 0 Å². The number of rotatable bonds is 6. The highest BCUT2D eigenvalue weighted by molar-refractivity contribution is 5.77. The summed E-state index contributed by atoms with van der Waals surface area (Å²) in [6.45, 7) is 5.20. The van der Waals surface area contributed by atoms with E-state index in [0.29, 0.717) is 13.2 Å². The number of benzene rings is 2. The molecule has 1 aromatic heterocycles. The maximum atomic E-state index is 5.70. The topological polar surface area (TPSA) is 22.3 Å². The molecule has 3 rings (SSSR count). The van der Waals surface area contributed by atoms with Crippen LogP contribution >= 0.6 is 0 Å². The molecule has 0 N–H and O–H groups in total. The molecule has 0 aliphatic rings. The highest BCUT2D eigenvalue weighted by Crippen LogP contribution is 2.29. The minimum atomic E-state index is 0.618. The van der Waals surface area contributed by atoms with Crippen molar-refractivity contribution in [2.24, 2.45) is 7.05 Å². The van der Waals surface area contributed by atoms with E-state index in [2.05, 4.69) is 60.2 Å². The molecule has 0 aliphatic carbocycles. The Morgan fingerprint density at radius 3 is 2.40 bits per heavy atom. The van der Waals surface area contributed by atoms with Crippen LogP contribution in [0.25, 0.3) is 23.1 Å². The van der Waals surface area contributed by atoms with Gasteiger partial charge in [0.2, 0.25) is 11.2 Å². The summed E-state index contributed by atoms with van der Waals surface area (Å²) >= 11 is 0. The van der Waals surface area contributed by atoms with Gasteiger partial charge in [-0.2, -0.15) is 4.57 Å². The molecule has 0 radical (unpaired) electrons. The van der Waals surface area contributed by atoms with E-state index in [4.69, 9.17) is 9.47 Å². The lowest BCUT2D eigenvalue weighted by Gasteiger charge is -2.11. The molecule has 0 saturated carbocycles. The van der Waals surface area contributed by atoms with E-state index in [-0.39, 0.29) is 0 Å². The second kappa shape index (κ2) is 7.84. The average molecular weight is 334 g/mol. The van der Waals surface area contributed by atoms with Gasteiger partial charge in [-0.1, -0.05) is 18.2 Å². The summed E-state index contributed by atoms with van der Waals surface area (Å²) in [6.07, 6.45) is 4.22. The number of hydrogen-bond donors (Lipinski definition) is 0. The molecule has 3 aromatic rings. The number of hydrogen-bond acceptors (Lipinski definition) is 2. The van der Waals surface area contributed by atoms with Crippen molar-refractivity contribution in [3.05, 3.63) is 65.9 Å². The van der Waals surface area contributed by atoms with Gasteiger partial charge >= 0.3 is 0 Å². The van der Waals surface area contributed by atoms with Crippen LogP contribution < -0.4 is 14.0 Å². The maximum absolute atomic E-state index is 5.70. The van der Waals surface area contributed by atoms with Crippen molar-refractivity contribution in [2.45, 2.75) is 13.8 Å². The van der Waals surface area contributed by atoms with Gasteiger partial charge < -0.3 is 9.47 Å². The van der Waals surface area contributed by atoms with Gasteiger partial charge in [-0.05, 0) is 49.8 Å². The van der Waals surface area contributed by atoms with Crippen LogP contribution in [0, 0.1) is 0 Å². The van der Waals surface area contributed by atoms with Gasteiger partial charge in [0.1, 0.15) is 7.05 Å². The lowest BCUT2D eigenvalue weighted by atomic mass is 10.1. The number of nitrogens with zero attached hydrogens (tertiary/aromatic N) is 1. The van der Waals surface area contributed by atoms with Crippen molar-refractivity contribution in [1.29, 1.82) is 0 Å². The van der Waals surface area contributed by atoms with Crippen molar-refractivity contribution < 1.29 is 14.0 Å². The fourth-order valence-corrected chi connectivity index (χ4v) is 2.88. The predicted octanol–water partition coefficient (Wildman–Crippen LogP) is 4.63. The number of pyridine rings is 1. The second-order valence-electron chi connectivity index (χ2n) is 5.78. The molecular formula is C22H24NO2+. The molecule has 3 nitrogen and oxygen atoms in total. The van der Waals surface area contributed by atoms with Crippen LogP contribution in [-0.4, -0.2) is 13.2 Å². The van der Waals surface area contributed by atoms with Crippen molar-refractivity contribution in [2.75, 3.05) is 13.2 Å². The Morgan fingerprint density at radius 1 is 0.840 bits per heavy atom. The largest absolute Gasteiger partial charge is 0.490 e. The monoisotopic (exact) mass is 334 g/mol. The smallest absolute Gasteiger partial charge is 0.212 e. The summed E-state index contributed by atoms with van der Waals surface area (Å²) in [5.41, 5.74) is 3.44. The van der Waals surface area contributed by atoms with E-state index < -0.39 is 0 Å². The first-order valence-corrected chi connectivity index (χ1v) is 8.68. The average Bonchev–Trinajstić information content (AvgIpc) is 2.64. The molecule has 3 heteroatoms. The highest BCUT2D eigenvalue weighted by Gasteiger charge is 2.09. The SMILES string of the molecule is CCOc1ccc(/C=C/c2ccc3ccccc3[n+]2C)cc1OCC. The molecule has 0 amide bonds. The van der Waals surface area contributed by atoms with Crippen LogP contribution in [0.4, 0.5) is 0 Å². The number of aryl methyl sites for hydroxylation is 1. The van der Waals surface area contributed by atoms with Gasteiger partial charge in [-0.25, -0.2) is 0 Å². The van der Waals surface area contributed by atoms with E-state index >= 15 is 0 Å². The Bertz CT molecular complexity index is 900. The van der Waals surface area contributed by atoms with Crippen LogP contribution in [0.2, 0.25) is 0 Å². The van der Waals surface area contributed by atoms with Crippen molar-refractivity contribution in [1.82, 2.24) is 0 Å². The summed E-state index contributed by atoms with van der Waals surface area (Å²) < 4.78 is 13.5. The van der Waals surface area contributed by atoms with Gasteiger partial charge in [0, 0.05) is 23.6 Å². The summed E-state index contributed by atoms with van der Waals surface area (Å²) in [5, 5.41) is 1.24. The zero-order valence-corrected chi connectivity index (χ0v) is 15.0. The van der Waals surface area contributed by atoms with Gasteiger partial charge in [0.05, 0.1) is 13.2 Å². The Hall–Kier alpha value is -2.81. The number of fused-ring (bicyclic) bond motifs is 1. The molecule has 0 saturated heterocycles. The summed E-state index contributed by atoms with van der Waals surface area (Å²) in [5.74, 6) is 1.58. The van der Waals surface area contributed by atoms with Crippen LogP contribution in [0.5, 0.6) is 11.5 Å². The molecule has 128 valence electrons. The number of para-hydroxylation sites is 1. The Labute approximate surface area is 149 Å². The third-order valence-corrected chi connectivity index (χ3v) is 4.13. The third-order valence-electron chi connectivity index (χ3n) is 4.13. The quantitative estimate of drug-likeness (QED) is 0.613. The minimum absolute atomic E-state index is 0.618. The Balaban J connectivity index is 1.91. The number of ether oxygens (including phenoxy) is 2. The van der Waals surface area contributed by atoms with E-state index in [9.17, 15) is 0 Å². The Kier molecular flexibility index (Phi) is 5.34. The van der Waals surface area contributed by atoms with Crippen molar-refractivity contribution in [3.63, 3.8) is 0 Å². The second-order valence-corrected chi connectivity index (χ2v) is 5.78. The molecule has 0 aliphatic heterocycles. The van der Waals surface area contributed by atoms with E-state index in [1.165, 1.54) is 10.9 Å². The molecule has 0 atom stereocenters.